The van der Waals surface area contributed by atoms with Crippen molar-refractivity contribution in [3.63, 3.8) is 0 Å². The van der Waals surface area contributed by atoms with Crippen LogP contribution in [0.2, 0.25) is 0 Å². The largest absolute Gasteiger partial charge is 0.493 e. The monoisotopic (exact) mass is 317 g/mol. The molecule has 1 aromatic carbocycles. The normalized spacial score (nSPS) is 21.6. The van der Waals surface area contributed by atoms with Gasteiger partial charge in [0.2, 0.25) is 0 Å². The van der Waals surface area contributed by atoms with Gasteiger partial charge in [0.15, 0.2) is 11.5 Å². The van der Waals surface area contributed by atoms with Crippen LogP contribution in [0.5, 0.6) is 11.5 Å². The van der Waals surface area contributed by atoms with E-state index in [2.05, 4.69) is 29.0 Å². The van der Waals surface area contributed by atoms with Gasteiger partial charge in [-0.05, 0) is 45.8 Å². The van der Waals surface area contributed by atoms with Crippen LogP contribution < -0.4 is 15.0 Å². The Morgan fingerprint density at radius 1 is 1.17 bits per heavy atom. The highest BCUT2D eigenvalue weighted by atomic mass is 16.5. The van der Waals surface area contributed by atoms with Crippen molar-refractivity contribution in [3.8, 4) is 11.5 Å². The average Bonchev–Trinajstić information content (AvgIpc) is 2.55. The number of fused-ring (bicyclic) bond motifs is 1. The second-order valence-corrected chi connectivity index (χ2v) is 6.26. The number of benzene rings is 1. The molecule has 1 heterocycles. The zero-order chi connectivity index (χ0) is 16.4. The summed E-state index contributed by atoms with van der Waals surface area (Å²) in [5.41, 5.74) is 0.438. The molecule has 1 N–H and O–H groups in total. The molecule has 1 aliphatic rings. The van der Waals surface area contributed by atoms with Gasteiger partial charge in [-0.1, -0.05) is 0 Å². The third-order valence-corrected chi connectivity index (χ3v) is 4.59. The average molecular weight is 317 g/mol. The summed E-state index contributed by atoms with van der Waals surface area (Å²) in [6.45, 7) is 0. The van der Waals surface area contributed by atoms with Crippen molar-refractivity contribution in [1.29, 1.82) is 0 Å². The minimum Gasteiger partial charge on any atom is -0.493 e. The van der Waals surface area contributed by atoms with Gasteiger partial charge in [0.05, 0.1) is 30.4 Å². The highest BCUT2D eigenvalue weighted by Gasteiger charge is 2.24. The molecule has 0 bridgehead atoms. The summed E-state index contributed by atoms with van der Waals surface area (Å²) in [5, 5.41) is 0.519. The van der Waals surface area contributed by atoms with Crippen molar-refractivity contribution < 1.29 is 9.47 Å². The Bertz CT molecular complexity index is 733. The first-order valence-electron chi connectivity index (χ1n) is 7.97. The number of nitrogens with one attached hydrogen (secondary N) is 1. The summed E-state index contributed by atoms with van der Waals surface area (Å²) in [4.78, 5) is 21.0. The smallest absolute Gasteiger partial charge is 0.258 e. The van der Waals surface area contributed by atoms with Crippen molar-refractivity contribution in [2.45, 2.75) is 37.8 Å². The predicted molar refractivity (Wildman–Crippen MR) is 89.3 cm³/mol. The molecule has 0 radical (unpaired) electrons. The molecule has 6 heteroatoms. The van der Waals surface area contributed by atoms with Crippen molar-refractivity contribution >= 4 is 10.9 Å². The maximum atomic E-state index is 11.9. The molecule has 0 saturated heterocycles. The van der Waals surface area contributed by atoms with Crippen LogP contribution in [0, 0.1) is 0 Å². The summed E-state index contributed by atoms with van der Waals surface area (Å²) in [6, 6.07) is 4.11. The number of ether oxygens (including phenoxy) is 2. The summed E-state index contributed by atoms with van der Waals surface area (Å²) in [6.07, 6.45) is 5.81. The molecule has 0 amide bonds. The van der Waals surface area contributed by atoms with Crippen molar-refractivity contribution in [3.05, 3.63) is 28.8 Å². The lowest BCUT2D eigenvalue weighted by atomic mass is 9.92. The molecule has 0 spiro atoms. The zero-order valence-electron chi connectivity index (χ0n) is 13.8. The number of methoxy groups -OCH3 is 1. The summed E-state index contributed by atoms with van der Waals surface area (Å²) in [7, 11) is 5.85. The van der Waals surface area contributed by atoms with Gasteiger partial charge >= 0.3 is 0 Å². The number of aromatic nitrogens is 2. The lowest BCUT2D eigenvalue weighted by molar-refractivity contribution is 0.108. The SMILES string of the molecule is COc1cc2nc[nH]c(=O)c2cc1OC1CCC(N(C)C)CC1. The Morgan fingerprint density at radius 2 is 1.91 bits per heavy atom. The van der Waals surface area contributed by atoms with Gasteiger partial charge in [0, 0.05) is 12.1 Å². The third-order valence-electron chi connectivity index (χ3n) is 4.59. The lowest BCUT2D eigenvalue weighted by Gasteiger charge is -2.33. The molecule has 23 heavy (non-hydrogen) atoms. The van der Waals surface area contributed by atoms with Gasteiger partial charge in [0.25, 0.3) is 5.56 Å². The Morgan fingerprint density at radius 3 is 2.57 bits per heavy atom. The van der Waals surface area contributed by atoms with Gasteiger partial charge in [-0.25, -0.2) is 4.98 Å². The van der Waals surface area contributed by atoms with Gasteiger partial charge in [-0.3, -0.25) is 4.79 Å². The molecule has 1 aliphatic carbocycles. The molecular weight excluding hydrogens is 294 g/mol. The molecule has 1 aromatic heterocycles. The number of hydrogen-bond donors (Lipinski definition) is 1. The van der Waals surface area contributed by atoms with Gasteiger partial charge in [-0.2, -0.15) is 0 Å². The maximum Gasteiger partial charge on any atom is 0.258 e. The van der Waals surface area contributed by atoms with Crippen LogP contribution in [-0.4, -0.2) is 48.2 Å². The Labute approximate surface area is 135 Å². The molecule has 0 unspecified atom stereocenters. The van der Waals surface area contributed by atoms with Crippen LogP contribution >= 0.6 is 0 Å². The van der Waals surface area contributed by atoms with Crippen LogP contribution in [0.25, 0.3) is 10.9 Å². The molecule has 0 atom stereocenters. The Balaban J connectivity index is 1.82. The van der Waals surface area contributed by atoms with E-state index in [-0.39, 0.29) is 11.7 Å². The predicted octanol–water partition coefficient (Wildman–Crippen LogP) is 2.18. The van der Waals surface area contributed by atoms with Gasteiger partial charge < -0.3 is 19.4 Å². The second-order valence-electron chi connectivity index (χ2n) is 6.26. The van der Waals surface area contributed by atoms with E-state index in [0.29, 0.717) is 28.4 Å². The van der Waals surface area contributed by atoms with E-state index < -0.39 is 0 Å². The van der Waals surface area contributed by atoms with Crippen LogP contribution in [0.15, 0.2) is 23.3 Å². The summed E-state index contributed by atoms with van der Waals surface area (Å²) in [5.74, 6) is 1.23. The fourth-order valence-corrected chi connectivity index (χ4v) is 3.19. The molecule has 3 rings (SSSR count). The van der Waals surface area contributed by atoms with Gasteiger partial charge in [-0.15, -0.1) is 0 Å². The van der Waals surface area contributed by atoms with E-state index >= 15 is 0 Å². The van der Waals surface area contributed by atoms with Gasteiger partial charge in [0.1, 0.15) is 0 Å². The lowest BCUT2D eigenvalue weighted by Crippen LogP contribution is -2.35. The minimum absolute atomic E-state index is 0.160. The molecular formula is C17H23N3O3. The maximum absolute atomic E-state index is 11.9. The molecule has 1 fully saturated rings. The molecule has 1 saturated carbocycles. The summed E-state index contributed by atoms with van der Waals surface area (Å²) < 4.78 is 11.6. The second kappa shape index (κ2) is 6.58. The Kier molecular flexibility index (Phi) is 4.52. The highest BCUT2D eigenvalue weighted by molar-refractivity contribution is 5.81. The van der Waals surface area contributed by atoms with E-state index in [1.807, 2.05) is 0 Å². The first kappa shape index (κ1) is 15.8. The fourth-order valence-electron chi connectivity index (χ4n) is 3.19. The van der Waals surface area contributed by atoms with E-state index in [4.69, 9.17) is 9.47 Å². The number of nitrogens with zero attached hydrogens (tertiary/aromatic N) is 2. The number of aromatic amines is 1. The van der Waals surface area contributed by atoms with E-state index in [9.17, 15) is 4.79 Å². The van der Waals surface area contributed by atoms with Crippen molar-refractivity contribution in [1.82, 2.24) is 14.9 Å². The van der Waals surface area contributed by atoms with Crippen LogP contribution in [-0.2, 0) is 0 Å². The van der Waals surface area contributed by atoms with E-state index in [0.717, 1.165) is 25.7 Å². The highest BCUT2D eigenvalue weighted by Crippen LogP contribution is 2.33. The van der Waals surface area contributed by atoms with E-state index in [1.54, 1.807) is 19.2 Å². The first-order chi connectivity index (χ1) is 11.1. The fraction of sp³-hybridized carbons (Fsp3) is 0.529. The summed E-state index contributed by atoms with van der Waals surface area (Å²) >= 11 is 0. The van der Waals surface area contributed by atoms with Crippen molar-refractivity contribution in [2.75, 3.05) is 21.2 Å². The number of H-pyrrole nitrogens is 1. The first-order valence-corrected chi connectivity index (χ1v) is 7.97. The third kappa shape index (κ3) is 3.32. The van der Waals surface area contributed by atoms with Crippen molar-refractivity contribution in [2.24, 2.45) is 0 Å². The van der Waals surface area contributed by atoms with Crippen LogP contribution in [0.4, 0.5) is 0 Å². The standard InChI is InChI=1S/C17H23N3O3/c1-20(2)11-4-6-12(7-5-11)23-16-8-13-14(9-15(16)22-3)18-10-19-17(13)21/h8-12H,4-7H2,1-3H3,(H,18,19,21). The number of rotatable bonds is 4. The zero-order valence-corrected chi connectivity index (χ0v) is 13.8. The molecule has 2 aromatic rings. The van der Waals surface area contributed by atoms with E-state index in [1.165, 1.54) is 6.33 Å². The topological polar surface area (TPSA) is 67.4 Å². The van der Waals surface area contributed by atoms with Crippen LogP contribution in [0.3, 0.4) is 0 Å². The molecule has 124 valence electrons. The minimum atomic E-state index is -0.168. The quantitative estimate of drug-likeness (QED) is 0.936. The Hall–Kier alpha value is -2.08. The van der Waals surface area contributed by atoms with Crippen LogP contribution in [0.1, 0.15) is 25.7 Å². The molecule has 6 nitrogen and oxygen atoms in total. The molecule has 0 aliphatic heterocycles. The number of hydrogen-bond acceptors (Lipinski definition) is 5.